The van der Waals surface area contributed by atoms with Gasteiger partial charge in [-0.05, 0) is 12.8 Å². The molecule has 2 saturated heterocycles. The fraction of sp³-hybridized carbons (Fsp3) is 0.727. The van der Waals surface area contributed by atoms with Crippen molar-refractivity contribution in [1.29, 1.82) is 0 Å². The Hall–Kier alpha value is -0.640. The average molecular weight is 226 g/mol. The molecule has 3 nitrogen and oxygen atoms in total. The molecular formula is C11H18N2OS. The summed E-state index contributed by atoms with van der Waals surface area (Å²) in [4.78, 5) is 10.2. The van der Waals surface area contributed by atoms with Crippen LogP contribution in [0.3, 0.4) is 0 Å². The topological polar surface area (TPSA) is 41.1 Å². The number of unbranched alkanes of at least 4 members (excludes halogenated alkanes) is 2. The van der Waals surface area contributed by atoms with Crippen molar-refractivity contribution < 1.29 is 4.79 Å². The first kappa shape index (κ1) is 10.9. The zero-order valence-corrected chi connectivity index (χ0v) is 9.69. The van der Waals surface area contributed by atoms with E-state index in [1.54, 1.807) is 0 Å². The van der Waals surface area contributed by atoms with Crippen molar-refractivity contribution >= 4 is 18.0 Å². The predicted octanol–water partition coefficient (Wildman–Crippen LogP) is 1.26. The maximum absolute atomic E-state index is 10.2. The van der Waals surface area contributed by atoms with E-state index in [0.29, 0.717) is 23.8 Å². The Balaban J connectivity index is 1.74. The third kappa shape index (κ3) is 2.48. The number of hydrogen-bond acceptors (Lipinski definition) is 4. The van der Waals surface area contributed by atoms with Gasteiger partial charge >= 0.3 is 0 Å². The number of carbonyl (C=O) groups is 1. The van der Waals surface area contributed by atoms with Gasteiger partial charge in [0.05, 0.1) is 17.9 Å². The summed E-state index contributed by atoms with van der Waals surface area (Å²) in [7, 11) is 0. The van der Waals surface area contributed by atoms with Crippen molar-refractivity contribution in [2.75, 3.05) is 5.75 Å². The monoisotopic (exact) mass is 226 g/mol. The molecule has 2 N–H and O–H groups in total. The summed E-state index contributed by atoms with van der Waals surface area (Å²) in [6, 6.07) is 1.12. The Kier molecular flexibility index (Phi) is 3.57. The number of hydrogen-bond donors (Lipinski definition) is 2. The summed E-state index contributed by atoms with van der Waals surface area (Å²) < 4.78 is 0. The molecule has 2 fully saturated rings. The zero-order chi connectivity index (χ0) is 10.7. The van der Waals surface area contributed by atoms with Crippen LogP contribution in [0, 0.1) is 0 Å². The van der Waals surface area contributed by atoms with E-state index in [1.807, 2.05) is 11.8 Å². The second-order valence-electron chi connectivity index (χ2n) is 4.22. The largest absolute Gasteiger partial charge is 0.367 e. The molecule has 0 aromatic carbocycles. The molecule has 0 bridgehead atoms. The molecular weight excluding hydrogens is 208 g/mol. The Morgan fingerprint density at radius 1 is 1.47 bits per heavy atom. The minimum atomic E-state index is 0.554. The lowest BCUT2D eigenvalue weighted by molar-refractivity contribution is -0.107. The first-order chi connectivity index (χ1) is 7.31. The van der Waals surface area contributed by atoms with E-state index < -0.39 is 0 Å². The summed E-state index contributed by atoms with van der Waals surface area (Å²) in [6.07, 6.45) is 5.13. The molecule has 4 heteroatoms. The third-order valence-corrected chi connectivity index (χ3v) is 4.59. The van der Waals surface area contributed by atoms with E-state index in [9.17, 15) is 4.79 Å². The summed E-state index contributed by atoms with van der Waals surface area (Å²) >= 11 is 2.04. The van der Waals surface area contributed by atoms with Crippen LogP contribution in [0.5, 0.6) is 0 Å². The second-order valence-corrected chi connectivity index (χ2v) is 5.49. The normalized spacial score (nSPS) is 33.3. The molecule has 0 spiro atoms. The molecule has 0 aromatic heterocycles. The van der Waals surface area contributed by atoms with Gasteiger partial charge in [-0.3, -0.25) is 0 Å². The van der Waals surface area contributed by atoms with E-state index in [2.05, 4.69) is 17.2 Å². The highest BCUT2D eigenvalue weighted by Crippen LogP contribution is 2.34. The number of carbonyl (C=O) groups excluding carboxylic acids is 1. The SMILES string of the molecule is C=C1NC2CSC(CCCCC=O)C2N1. The van der Waals surface area contributed by atoms with Crippen molar-refractivity contribution in [3.8, 4) is 0 Å². The highest BCUT2D eigenvalue weighted by molar-refractivity contribution is 8.00. The van der Waals surface area contributed by atoms with Crippen LogP contribution in [-0.4, -0.2) is 29.4 Å². The standard InChI is InChI=1S/C11H18N2OS/c1-8-12-9-7-15-10(11(9)13-8)5-3-2-4-6-14/h6,9-13H,1-5,7H2. The summed E-state index contributed by atoms with van der Waals surface area (Å²) in [5.41, 5.74) is 0. The molecule has 0 aromatic rings. The van der Waals surface area contributed by atoms with Crippen LogP contribution in [0.2, 0.25) is 0 Å². The molecule has 3 atom stereocenters. The van der Waals surface area contributed by atoms with Gasteiger partial charge in [0.25, 0.3) is 0 Å². The van der Waals surface area contributed by atoms with Crippen LogP contribution in [0.15, 0.2) is 12.4 Å². The van der Waals surface area contributed by atoms with Crippen LogP contribution in [0.25, 0.3) is 0 Å². The van der Waals surface area contributed by atoms with Crippen molar-refractivity contribution in [2.24, 2.45) is 0 Å². The fourth-order valence-corrected chi connectivity index (χ4v) is 3.87. The Bertz CT molecular complexity index is 257. The highest BCUT2D eigenvalue weighted by Gasteiger charge is 2.40. The molecule has 3 unspecified atom stereocenters. The van der Waals surface area contributed by atoms with E-state index in [4.69, 9.17) is 0 Å². The molecule has 2 aliphatic heterocycles. The number of rotatable bonds is 5. The van der Waals surface area contributed by atoms with Crippen LogP contribution < -0.4 is 10.6 Å². The van der Waals surface area contributed by atoms with E-state index in [-0.39, 0.29) is 0 Å². The van der Waals surface area contributed by atoms with Crippen molar-refractivity contribution in [1.82, 2.24) is 10.6 Å². The summed E-state index contributed by atoms with van der Waals surface area (Å²) in [5.74, 6) is 2.15. The number of fused-ring (bicyclic) bond motifs is 1. The maximum Gasteiger partial charge on any atom is 0.119 e. The van der Waals surface area contributed by atoms with Gasteiger partial charge < -0.3 is 15.4 Å². The lowest BCUT2D eigenvalue weighted by atomic mass is 10.0. The lowest BCUT2D eigenvalue weighted by Crippen LogP contribution is -2.36. The van der Waals surface area contributed by atoms with Gasteiger partial charge in [0, 0.05) is 17.4 Å². The smallest absolute Gasteiger partial charge is 0.119 e. The third-order valence-electron chi connectivity index (χ3n) is 3.09. The van der Waals surface area contributed by atoms with Crippen LogP contribution in [0.4, 0.5) is 0 Å². The summed E-state index contributed by atoms with van der Waals surface area (Å²) in [6.45, 7) is 3.90. The minimum Gasteiger partial charge on any atom is -0.367 e. The molecule has 2 rings (SSSR count). The molecule has 0 aliphatic carbocycles. The van der Waals surface area contributed by atoms with Crippen molar-refractivity contribution in [3.63, 3.8) is 0 Å². The Morgan fingerprint density at radius 2 is 2.33 bits per heavy atom. The Labute approximate surface area is 95.1 Å². The maximum atomic E-state index is 10.2. The summed E-state index contributed by atoms with van der Waals surface area (Å²) in [5, 5.41) is 7.46. The van der Waals surface area contributed by atoms with Gasteiger partial charge in [0.1, 0.15) is 6.29 Å². The van der Waals surface area contributed by atoms with Gasteiger partial charge in [-0.15, -0.1) is 0 Å². The van der Waals surface area contributed by atoms with Gasteiger partial charge in [-0.1, -0.05) is 13.0 Å². The predicted molar refractivity (Wildman–Crippen MR) is 63.8 cm³/mol. The lowest BCUT2D eigenvalue weighted by Gasteiger charge is -2.16. The first-order valence-corrected chi connectivity index (χ1v) is 6.63. The highest BCUT2D eigenvalue weighted by atomic mass is 32.2. The van der Waals surface area contributed by atoms with Crippen LogP contribution >= 0.6 is 11.8 Å². The number of aldehydes is 1. The fourth-order valence-electron chi connectivity index (χ4n) is 2.32. The van der Waals surface area contributed by atoms with E-state index in [1.165, 1.54) is 12.2 Å². The Morgan fingerprint density at radius 3 is 3.13 bits per heavy atom. The first-order valence-electron chi connectivity index (χ1n) is 5.58. The van der Waals surface area contributed by atoms with Gasteiger partial charge in [-0.25, -0.2) is 0 Å². The van der Waals surface area contributed by atoms with E-state index >= 15 is 0 Å². The molecule has 84 valence electrons. The van der Waals surface area contributed by atoms with Crippen molar-refractivity contribution in [3.05, 3.63) is 12.4 Å². The van der Waals surface area contributed by atoms with Gasteiger partial charge in [0.15, 0.2) is 0 Å². The average Bonchev–Trinajstić information content (AvgIpc) is 2.73. The minimum absolute atomic E-state index is 0.554. The zero-order valence-electron chi connectivity index (χ0n) is 8.87. The quantitative estimate of drug-likeness (QED) is 0.547. The van der Waals surface area contributed by atoms with Crippen LogP contribution in [-0.2, 0) is 4.79 Å². The molecule has 0 amide bonds. The molecule has 2 aliphatic rings. The molecule has 0 radical (unpaired) electrons. The van der Waals surface area contributed by atoms with Crippen LogP contribution in [0.1, 0.15) is 25.7 Å². The number of nitrogens with one attached hydrogen (secondary N) is 2. The molecule has 0 saturated carbocycles. The number of thioether (sulfide) groups is 1. The van der Waals surface area contributed by atoms with Gasteiger partial charge in [0.2, 0.25) is 0 Å². The van der Waals surface area contributed by atoms with Crippen molar-refractivity contribution in [2.45, 2.75) is 43.0 Å². The second kappa shape index (κ2) is 4.92. The van der Waals surface area contributed by atoms with E-state index in [0.717, 1.165) is 24.9 Å². The van der Waals surface area contributed by atoms with Gasteiger partial charge in [-0.2, -0.15) is 11.8 Å². The molecule has 2 heterocycles. The molecule has 15 heavy (non-hydrogen) atoms.